The zero-order valence-corrected chi connectivity index (χ0v) is 13.4. The van der Waals surface area contributed by atoms with Gasteiger partial charge in [0.25, 0.3) is 5.91 Å². The SMILES string of the molecule is CCN(C(=O)C(C)Oc1ccc(C#N)cc1)C1CCCCC1. The van der Waals surface area contributed by atoms with E-state index in [-0.39, 0.29) is 5.91 Å². The van der Waals surface area contributed by atoms with E-state index in [2.05, 4.69) is 6.07 Å². The molecule has 1 saturated carbocycles. The van der Waals surface area contributed by atoms with Gasteiger partial charge >= 0.3 is 0 Å². The summed E-state index contributed by atoms with van der Waals surface area (Å²) in [5, 5.41) is 8.80. The largest absolute Gasteiger partial charge is 0.481 e. The molecule has 1 fully saturated rings. The zero-order chi connectivity index (χ0) is 15.9. The fourth-order valence-corrected chi connectivity index (χ4v) is 3.08. The first-order valence-electron chi connectivity index (χ1n) is 8.13. The summed E-state index contributed by atoms with van der Waals surface area (Å²) >= 11 is 0. The number of nitriles is 1. The van der Waals surface area contributed by atoms with Crippen LogP contribution in [0.15, 0.2) is 24.3 Å². The monoisotopic (exact) mass is 300 g/mol. The van der Waals surface area contributed by atoms with Crippen molar-refractivity contribution in [1.82, 2.24) is 4.90 Å². The molecule has 0 aliphatic heterocycles. The summed E-state index contributed by atoms with van der Waals surface area (Å²) in [5.41, 5.74) is 0.587. The highest BCUT2D eigenvalue weighted by Crippen LogP contribution is 2.23. The first kappa shape index (κ1) is 16.4. The first-order chi connectivity index (χ1) is 10.7. The molecule has 4 nitrogen and oxygen atoms in total. The second-order valence-electron chi connectivity index (χ2n) is 5.81. The molecule has 1 aromatic rings. The van der Waals surface area contributed by atoms with Crippen LogP contribution in [0.4, 0.5) is 0 Å². The van der Waals surface area contributed by atoms with Crippen LogP contribution < -0.4 is 4.74 Å². The summed E-state index contributed by atoms with van der Waals surface area (Å²) in [6, 6.07) is 9.30. The molecule has 0 N–H and O–H groups in total. The number of ether oxygens (including phenoxy) is 1. The van der Waals surface area contributed by atoms with Crippen LogP contribution in [0, 0.1) is 11.3 Å². The summed E-state index contributed by atoms with van der Waals surface area (Å²) in [4.78, 5) is 14.6. The lowest BCUT2D eigenvalue weighted by Crippen LogP contribution is -2.47. The minimum Gasteiger partial charge on any atom is -0.481 e. The van der Waals surface area contributed by atoms with E-state index in [9.17, 15) is 4.79 Å². The molecule has 0 radical (unpaired) electrons. The summed E-state index contributed by atoms with van der Waals surface area (Å²) in [6.07, 6.45) is 5.39. The number of amides is 1. The van der Waals surface area contributed by atoms with Gasteiger partial charge in [0.2, 0.25) is 0 Å². The Hall–Kier alpha value is -2.02. The second kappa shape index (κ2) is 7.84. The van der Waals surface area contributed by atoms with Crippen LogP contribution in [0.5, 0.6) is 5.75 Å². The lowest BCUT2D eigenvalue weighted by molar-refractivity contribution is -0.140. The molecule has 118 valence electrons. The van der Waals surface area contributed by atoms with E-state index >= 15 is 0 Å². The molecule has 0 saturated heterocycles. The van der Waals surface area contributed by atoms with Gasteiger partial charge in [-0.3, -0.25) is 4.79 Å². The number of likely N-dealkylation sites (N-methyl/N-ethyl adjacent to an activating group) is 1. The minimum atomic E-state index is -0.505. The third kappa shape index (κ3) is 4.00. The van der Waals surface area contributed by atoms with E-state index in [1.54, 1.807) is 31.2 Å². The maximum atomic E-state index is 12.6. The summed E-state index contributed by atoms with van der Waals surface area (Å²) < 4.78 is 5.75. The molecule has 0 aromatic heterocycles. The summed E-state index contributed by atoms with van der Waals surface area (Å²) in [6.45, 7) is 4.55. The molecule has 4 heteroatoms. The van der Waals surface area contributed by atoms with Crippen LogP contribution in [0.1, 0.15) is 51.5 Å². The molecule has 1 aliphatic carbocycles. The molecule has 0 heterocycles. The van der Waals surface area contributed by atoms with Crippen molar-refractivity contribution in [3.8, 4) is 11.8 Å². The Kier molecular flexibility index (Phi) is 5.83. The number of carbonyl (C=O) groups is 1. The molecule has 1 amide bonds. The Morgan fingerprint density at radius 2 is 1.95 bits per heavy atom. The Balaban J connectivity index is 1.98. The number of carbonyl (C=O) groups excluding carboxylic acids is 1. The maximum absolute atomic E-state index is 12.6. The molecule has 0 bridgehead atoms. The van der Waals surface area contributed by atoms with Crippen LogP contribution in [0.3, 0.4) is 0 Å². The van der Waals surface area contributed by atoms with Crippen molar-refractivity contribution >= 4 is 5.91 Å². The highest BCUT2D eigenvalue weighted by Gasteiger charge is 2.28. The molecule has 22 heavy (non-hydrogen) atoms. The van der Waals surface area contributed by atoms with Gasteiger partial charge in [-0.25, -0.2) is 0 Å². The maximum Gasteiger partial charge on any atom is 0.263 e. The van der Waals surface area contributed by atoms with Gasteiger partial charge in [-0.05, 0) is 51.0 Å². The zero-order valence-electron chi connectivity index (χ0n) is 13.4. The van der Waals surface area contributed by atoms with Crippen LogP contribution in [-0.2, 0) is 4.79 Å². The van der Waals surface area contributed by atoms with E-state index in [0.717, 1.165) is 19.4 Å². The molecule has 2 rings (SSSR count). The van der Waals surface area contributed by atoms with Gasteiger partial charge in [-0.1, -0.05) is 19.3 Å². The van der Waals surface area contributed by atoms with Gasteiger partial charge in [0.15, 0.2) is 6.10 Å². The number of rotatable bonds is 5. The summed E-state index contributed by atoms with van der Waals surface area (Å²) in [5.74, 6) is 0.679. The molecular formula is C18H24N2O2. The second-order valence-corrected chi connectivity index (χ2v) is 5.81. The molecule has 1 unspecified atom stereocenters. The average Bonchev–Trinajstić information content (AvgIpc) is 2.57. The Morgan fingerprint density at radius 3 is 2.50 bits per heavy atom. The first-order valence-corrected chi connectivity index (χ1v) is 8.13. The van der Waals surface area contributed by atoms with Crippen LogP contribution >= 0.6 is 0 Å². The highest BCUT2D eigenvalue weighted by molar-refractivity contribution is 5.81. The van der Waals surface area contributed by atoms with Crippen molar-refractivity contribution in [2.24, 2.45) is 0 Å². The predicted octanol–water partition coefficient (Wildman–Crippen LogP) is 3.51. The van der Waals surface area contributed by atoms with Gasteiger partial charge in [0.1, 0.15) is 5.75 Å². The Labute approximate surface area is 132 Å². The third-order valence-corrected chi connectivity index (χ3v) is 4.28. The fraction of sp³-hybridized carbons (Fsp3) is 0.556. The van der Waals surface area contributed by atoms with Gasteiger partial charge in [-0.15, -0.1) is 0 Å². The van der Waals surface area contributed by atoms with Crippen LogP contribution in [-0.4, -0.2) is 29.5 Å². The van der Waals surface area contributed by atoms with Crippen molar-refractivity contribution < 1.29 is 9.53 Å². The van der Waals surface area contributed by atoms with Crippen molar-refractivity contribution in [2.45, 2.75) is 58.1 Å². The van der Waals surface area contributed by atoms with Crippen molar-refractivity contribution in [1.29, 1.82) is 5.26 Å². The van der Waals surface area contributed by atoms with Gasteiger partial charge in [0.05, 0.1) is 11.6 Å². The average molecular weight is 300 g/mol. The molecule has 1 aliphatic rings. The molecule has 1 atom stereocenters. The lowest BCUT2D eigenvalue weighted by atomic mass is 9.94. The standard InChI is InChI=1S/C18H24N2O2/c1-3-20(16-7-5-4-6-8-16)18(21)14(2)22-17-11-9-15(13-19)10-12-17/h9-12,14,16H,3-8H2,1-2H3. The number of nitrogens with zero attached hydrogens (tertiary/aromatic N) is 2. The quantitative estimate of drug-likeness (QED) is 0.836. The van der Waals surface area contributed by atoms with Gasteiger partial charge < -0.3 is 9.64 Å². The van der Waals surface area contributed by atoms with Crippen molar-refractivity contribution in [3.05, 3.63) is 29.8 Å². The topological polar surface area (TPSA) is 53.3 Å². The van der Waals surface area contributed by atoms with Gasteiger partial charge in [0, 0.05) is 12.6 Å². The lowest BCUT2D eigenvalue weighted by Gasteiger charge is -2.35. The van der Waals surface area contributed by atoms with E-state index in [0.29, 0.717) is 17.4 Å². The number of benzene rings is 1. The predicted molar refractivity (Wildman–Crippen MR) is 85.5 cm³/mol. The molecular weight excluding hydrogens is 276 g/mol. The van der Waals surface area contributed by atoms with Crippen molar-refractivity contribution in [2.75, 3.05) is 6.54 Å². The highest BCUT2D eigenvalue weighted by atomic mass is 16.5. The molecule has 1 aromatic carbocycles. The Bertz CT molecular complexity index is 527. The van der Waals surface area contributed by atoms with E-state index in [1.165, 1.54) is 19.3 Å². The van der Waals surface area contributed by atoms with Crippen molar-refractivity contribution in [3.63, 3.8) is 0 Å². The molecule has 0 spiro atoms. The van der Waals surface area contributed by atoms with E-state index in [4.69, 9.17) is 10.00 Å². The Morgan fingerprint density at radius 1 is 1.32 bits per heavy atom. The smallest absolute Gasteiger partial charge is 0.263 e. The normalized spacial score (nSPS) is 16.6. The summed E-state index contributed by atoms with van der Waals surface area (Å²) in [7, 11) is 0. The van der Waals surface area contributed by atoms with Crippen LogP contribution in [0.2, 0.25) is 0 Å². The van der Waals surface area contributed by atoms with Gasteiger partial charge in [-0.2, -0.15) is 5.26 Å². The number of hydrogen-bond donors (Lipinski definition) is 0. The fourth-order valence-electron chi connectivity index (χ4n) is 3.08. The van der Waals surface area contributed by atoms with E-state index < -0.39 is 6.10 Å². The van der Waals surface area contributed by atoms with E-state index in [1.807, 2.05) is 11.8 Å². The number of hydrogen-bond acceptors (Lipinski definition) is 3. The minimum absolute atomic E-state index is 0.0544. The van der Waals surface area contributed by atoms with Crippen LogP contribution in [0.25, 0.3) is 0 Å². The third-order valence-electron chi connectivity index (χ3n) is 4.28.